The van der Waals surface area contributed by atoms with E-state index in [-0.39, 0.29) is 11.9 Å². The number of aromatic nitrogens is 2. The van der Waals surface area contributed by atoms with Gasteiger partial charge in [-0.2, -0.15) is 5.10 Å². The van der Waals surface area contributed by atoms with E-state index < -0.39 is 0 Å². The number of amides is 1. The summed E-state index contributed by atoms with van der Waals surface area (Å²) >= 11 is 0. The summed E-state index contributed by atoms with van der Waals surface area (Å²) in [7, 11) is 3.16. The third-order valence-corrected chi connectivity index (χ3v) is 4.92. The Balaban J connectivity index is 1.51. The zero-order chi connectivity index (χ0) is 21.1. The molecule has 30 heavy (non-hydrogen) atoms. The zero-order valence-electron chi connectivity index (χ0n) is 16.7. The third kappa shape index (κ3) is 3.93. The van der Waals surface area contributed by atoms with Crippen LogP contribution in [-0.2, 0) is 11.2 Å². The highest BCUT2D eigenvalue weighted by atomic mass is 16.5. The minimum atomic E-state index is -0.378. The van der Waals surface area contributed by atoms with Gasteiger partial charge < -0.3 is 15.0 Å². The molecule has 8 heteroatoms. The number of hydrogen-bond acceptors (Lipinski definition) is 6. The van der Waals surface area contributed by atoms with E-state index in [1.807, 2.05) is 25.2 Å². The molecule has 0 saturated heterocycles. The van der Waals surface area contributed by atoms with Crippen molar-refractivity contribution in [3.8, 4) is 11.3 Å². The summed E-state index contributed by atoms with van der Waals surface area (Å²) in [6, 6.07) is 12.6. The molecule has 1 aliphatic heterocycles. The summed E-state index contributed by atoms with van der Waals surface area (Å²) < 4.78 is 4.71. The summed E-state index contributed by atoms with van der Waals surface area (Å²) in [5.41, 5.74) is 5.44. The van der Waals surface area contributed by atoms with Crippen molar-refractivity contribution in [2.24, 2.45) is 5.10 Å². The molecule has 0 radical (unpaired) electrons. The fraction of sp³-hybridized carbons (Fsp3) is 0.182. The lowest BCUT2D eigenvalue weighted by Crippen LogP contribution is -2.31. The number of carbonyl (C=O) groups excluding carboxylic acids is 2. The standard InChI is InChI=1S/C22H21N5O3/c1-27(17-5-3-14(4-6-17)22(29)30-2)25-13-16-11-15(7-9-23-16)20-12-18-19(26-20)8-10-24-21(18)28/h3-7,9,11-13,26H,8,10H2,1-2H3,(H,24,28)/b25-13+. The fourth-order valence-electron chi connectivity index (χ4n) is 3.28. The van der Waals surface area contributed by atoms with Crippen LogP contribution in [0.2, 0.25) is 0 Å². The Morgan fingerprint density at radius 2 is 2.03 bits per heavy atom. The summed E-state index contributed by atoms with van der Waals surface area (Å²) in [5.74, 6) is -0.424. The number of methoxy groups -OCH3 is 1. The van der Waals surface area contributed by atoms with Crippen molar-refractivity contribution in [3.63, 3.8) is 0 Å². The molecule has 0 aliphatic carbocycles. The van der Waals surface area contributed by atoms with Crippen molar-refractivity contribution in [2.75, 3.05) is 25.7 Å². The van der Waals surface area contributed by atoms with E-state index in [9.17, 15) is 9.59 Å². The number of carbonyl (C=O) groups is 2. The number of nitrogens with zero attached hydrogens (tertiary/aromatic N) is 3. The molecule has 1 amide bonds. The number of rotatable bonds is 5. The second-order valence-electron chi connectivity index (χ2n) is 6.86. The Bertz CT molecular complexity index is 1120. The molecule has 2 aromatic heterocycles. The van der Waals surface area contributed by atoms with E-state index in [4.69, 9.17) is 4.74 Å². The molecular formula is C22H21N5O3. The van der Waals surface area contributed by atoms with Crippen LogP contribution in [0.25, 0.3) is 11.3 Å². The first kappa shape index (κ1) is 19.4. The molecule has 0 spiro atoms. The van der Waals surface area contributed by atoms with Gasteiger partial charge in [-0.05, 0) is 42.5 Å². The maximum atomic E-state index is 12.0. The Kier molecular flexibility index (Phi) is 5.30. The number of fused-ring (bicyclic) bond motifs is 1. The number of anilines is 1. The largest absolute Gasteiger partial charge is 0.465 e. The topological polar surface area (TPSA) is 99.7 Å². The predicted molar refractivity (Wildman–Crippen MR) is 114 cm³/mol. The lowest BCUT2D eigenvalue weighted by molar-refractivity contribution is 0.0600. The highest BCUT2D eigenvalue weighted by Crippen LogP contribution is 2.24. The van der Waals surface area contributed by atoms with Crippen LogP contribution in [0.3, 0.4) is 0 Å². The van der Waals surface area contributed by atoms with E-state index in [1.165, 1.54) is 7.11 Å². The van der Waals surface area contributed by atoms with Gasteiger partial charge in [0.15, 0.2) is 0 Å². The lowest BCUT2D eigenvalue weighted by atomic mass is 10.1. The molecule has 1 aromatic carbocycles. The smallest absolute Gasteiger partial charge is 0.337 e. The number of H-pyrrole nitrogens is 1. The first-order valence-electron chi connectivity index (χ1n) is 9.48. The fourth-order valence-corrected chi connectivity index (χ4v) is 3.28. The van der Waals surface area contributed by atoms with Crippen molar-refractivity contribution in [2.45, 2.75) is 6.42 Å². The number of nitrogens with one attached hydrogen (secondary N) is 2. The number of benzene rings is 1. The van der Waals surface area contributed by atoms with Crippen LogP contribution in [0.4, 0.5) is 5.69 Å². The number of pyridine rings is 1. The van der Waals surface area contributed by atoms with Crippen molar-refractivity contribution >= 4 is 23.8 Å². The molecule has 0 saturated carbocycles. The van der Waals surface area contributed by atoms with E-state index in [0.717, 1.165) is 29.1 Å². The number of hydrazone groups is 1. The van der Waals surface area contributed by atoms with Gasteiger partial charge in [-0.15, -0.1) is 0 Å². The Labute approximate surface area is 173 Å². The van der Waals surface area contributed by atoms with Crippen molar-refractivity contribution < 1.29 is 14.3 Å². The third-order valence-electron chi connectivity index (χ3n) is 4.92. The molecule has 0 bridgehead atoms. The summed E-state index contributed by atoms with van der Waals surface area (Å²) in [4.78, 5) is 31.2. The minimum absolute atomic E-state index is 0.0468. The first-order valence-corrected chi connectivity index (χ1v) is 9.48. The van der Waals surface area contributed by atoms with Crippen LogP contribution in [0.15, 0.2) is 53.8 Å². The van der Waals surface area contributed by atoms with Crippen LogP contribution in [0, 0.1) is 0 Å². The van der Waals surface area contributed by atoms with Crippen LogP contribution >= 0.6 is 0 Å². The van der Waals surface area contributed by atoms with Gasteiger partial charge in [0, 0.05) is 43.2 Å². The number of aromatic amines is 1. The van der Waals surface area contributed by atoms with Crippen LogP contribution in [0.5, 0.6) is 0 Å². The van der Waals surface area contributed by atoms with E-state index in [1.54, 1.807) is 41.7 Å². The Morgan fingerprint density at radius 1 is 1.23 bits per heavy atom. The van der Waals surface area contributed by atoms with E-state index in [2.05, 4.69) is 20.4 Å². The van der Waals surface area contributed by atoms with Gasteiger partial charge in [0.1, 0.15) is 0 Å². The van der Waals surface area contributed by atoms with Gasteiger partial charge >= 0.3 is 5.97 Å². The number of ether oxygens (including phenoxy) is 1. The Hall–Kier alpha value is -3.94. The molecule has 3 aromatic rings. The van der Waals surface area contributed by atoms with E-state index in [0.29, 0.717) is 23.4 Å². The van der Waals surface area contributed by atoms with Gasteiger partial charge in [0.25, 0.3) is 5.91 Å². The predicted octanol–water partition coefficient (Wildman–Crippen LogP) is 2.62. The molecule has 8 nitrogen and oxygen atoms in total. The highest BCUT2D eigenvalue weighted by molar-refractivity contribution is 5.98. The number of hydrogen-bond donors (Lipinski definition) is 2. The zero-order valence-corrected chi connectivity index (χ0v) is 16.7. The minimum Gasteiger partial charge on any atom is -0.465 e. The summed E-state index contributed by atoms with van der Waals surface area (Å²) in [5, 5.41) is 8.97. The van der Waals surface area contributed by atoms with Gasteiger partial charge in [0.2, 0.25) is 0 Å². The van der Waals surface area contributed by atoms with Crippen molar-refractivity contribution in [3.05, 3.63) is 71.2 Å². The molecule has 4 rings (SSSR count). The van der Waals surface area contributed by atoms with Crippen LogP contribution in [-0.4, -0.2) is 48.8 Å². The summed E-state index contributed by atoms with van der Waals surface area (Å²) in [6.45, 7) is 0.646. The summed E-state index contributed by atoms with van der Waals surface area (Å²) in [6.07, 6.45) is 4.16. The quantitative estimate of drug-likeness (QED) is 0.388. The van der Waals surface area contributed by atoms with Gasteiger partial charge in [0.05, 0.1) is 35.8 Å². The van der Waals surface area contributed by atoms with E-state index >= 15 is 0 Å². The highest BCUT2D eigenvalue weighted by Gasteiger charge is 2.19. The SMILES string of the molecule is COC(=O)c1ccc(N(C)/N=C/c2cc(-c3cc4c([nH]3)CCNC4=O)ccn2)cc1. The average Bonchev–Trinajstić information content (AvgIpc) is 3.23. The molecule has 0 fully saturated rings. The van der Waals surface area contributed by atoms with Crippen molar-refractivity contribution in [1.29, 1.82) is 0 Å². The first-order chi connectivity index (χ1) is 14.5. The maximum absolute atomic E-state index is 12.0. The normalized spacial score (nSPS) is 13.1. The molecule has 2 N–H and O–H groups in total. The molecule has 1 aliphatic rings. The molecule has 0 unspecified atom stereocenters. The molecule has 0 atom stereocenters. The number of esters is 1. The van der Waals surface area contributed by atoms with Gasteiger partial charge in [-0.3, -0.25) is 14.8 Å². The molecular weight excluding hydrogens is 382 g/mol. The average molecular weight is 403 g/mol. The van der Waals surface area contributed by atoms with Crippen LogP contribution in [0.1, 0.15) is 32.1 Å². The van der Waals surface area contributed by atoms with Crippen LogP contribution < -0.4 is 10.3 Å². The van der Waals surface area contributed by atoms with Gasteiger partial charge in [-0.1, -0.05) is 0 Å². The lowest BCUT2D eigenvalue weighted by Gasteiger charge is -2.13. The Morgan fingerprint density at radius 3 is 2.77 bits per heavy atom. The second-order valence-corrected chi connectivity index (χ2v) is 6.86. The van der Waals surface area contributed by atoms with Gasteiger partial charge in [-0.25, -0.2) is 4.79 Å². The monoisotopic (exact) mass is 403 g/mol. The molecule has 152 valence electrons. The van der Waals surface area contributed by atoms with Crippen molar-refractivity contribution in [1.82, 2.24) is 15.3 Å². The molecule has 3 heterocycles. The maximum Gasteiger partial charge on any atom is 0.337 e. The second kappa shape index (κ2) is 8.20.